The first-order valence-electron chi connectivity index (χ1n) is 10.2. The van der Waals surface area contributed by atoms with Gasteiger partial charge in [-0.25, -0.2) is 9.97 Å². The topological polar surface area (TPSA) is 67.3 Å². The molecule has 1 N–H and O–H groups in total. The highest BCUT2D eigenvalue weighted by Crippen LogP contribution is 2.27. The smallest absolute Gasteiger partial charge is 0.256 e. The number of nitrogens with one attached hydrogen (secondary N) is 1. The second-order valence-corrected chi connectivity index (χ2v) is 7.54. The molecular formula is C24H26N4O2. The Hall–Kier alpha value is -3.25. The number of aromatic nitrogens is 2. The van der Waals surface area contributed by atoms with E-state index in [9.17, 15) is 4.79 Å². The van der Waals surface area contributed by atoms with Crippen molar-refractivity contribution >= 4 is 17.4 Å². The summed E-state index contributed by atoms with van der Waals surface area (Å²) in [4.78, 5) is 24.2. The molecule has 0 aliphatic carbocycles. The highest BCUT2D eigenvalue weighted by atomic mass is 16.5. The summed E-state index contributed by atoms with van der Waals surface area (Å²) in [5.41, 5.74) is 3.44. The number of hydrogen-bond acceptors (Lipinski definition) is 5. The van der Waals surface area contributed by atoms with Gasteiger partial charge < -0.3 is 15.0 Å². The van der Waals surface area contributed by atoms with Crippen LogP contribution in [0.2, 0.25) is 0 Å². The van der Waals surface area contributed by atoms with Crippen LogP contribution in [-0.4, -0.2) is 42.2 Å². The third-order valence-electron chi connectivity index (χ3n) is 5.27. The van der Waals surface area contributed by atoms with Crippen LogP contribution in [0.4, 0.5) is 11.5 Å². The number of benzene rings is 2. The Kier molecular flexibility index (Phi) is 6.05. The van der Waals surface area contributed by atoms with Crippen LogP contribution in [0.1, 0.15) is 28.8 Å². The number of para-hydroxylation sites is 1. The average Bonchev–Trinajstić information content (AvgIpc) is 3.31. The van der Waals surface area contributed by atoms with Crippen molar-refractivity contribution in [2.24, 2.45) is 0 Å². The second kappa shape index (κ2) is 9.05. The molecule has 2 aromatic carbocycles. The van der Waals surface area contributed by atoms with Gasteiger partial charge in [0.15, 0.2) is 5.82 Å². The van der Waals surface area contributed by atoms with E-state index in [0.29, 0.717) is 23.8 Å². The third-order valence-corrected chi connectivity index (χ3v) is 5.27. The van der Waals surface area contributed by atoms with Gasteiger partial charge in [-0.2, -0.15) is 0 Å². The van der Waals surface area contributed by atoms with Gasteiger partial charge in [0.2, 0.25) is 0 Å². The van der Waals surface area contributed by atoms with Gasteiger partial charge in [0.05, 0.1) is 6.10 Å². The van der Waals surface area contributed by atoms with E-state index in [1.54, 1.807) is 6.20 Å². The molecule has 1 saturated heterocycles. The summed E-state index contributed by atoms with van der Waals surface area (Å²) in [5, 5.41) is 2.99. The SMILES string of the molecule is Cc1cccc(-c2ncc(C(=O)NC[C@@H]3CCCO3)c(N(C)c3ccccc3)n2)c1. The van der Waals surface area contributed by atoms with Crippen LogP contribution in [-0.2, 0) is 4.74 Å². The summed E-state index contributed by atoms with van der Waals surface area (Å²) in [6.45, 7) is 3.29. The van der Waals surface area contributed by atoms with Crippen LogP contribution < -0.4 is 10.2 Å². The van der Waals surface area contributed by atoms with Crippen LogP contribution in [0, 0.1) is 6.92 Å². The lowest BCUT2D eigenvalue weighted by molar-refractivity contribution is 0.0857. The van der Waals surface area contributed by atoms with Gasteiger partial charge in [0.1, 0.15) is 11.4 Å². The van der Waals surface area contributed by atoms with Crippen molar-refractivity contribution in [2.75, 3.05) is 25.1 Å². The number of amides is 1. The summed E-state index contributed by atoms with van der Waals surface area (Å²) < 4.78 is 5.62. The lowest BCUT2D eigenvalue weighted by atomic mass is 10.1. The normalized spacial score (nSPS) is 15.7. The molecule has 3 aromatic rings. The third kappa shape index (κ3) is 4.49. The van der Waals surface area contributed by atoms with Crippen LogP contribution in [0.3, 0.4) is 0 Å². The highest BCUT2D eigenvalue weighted by Gasteiger charge is 2.22. The van der Waals surface area contributed by atoms with E-state index in [0.717, 1.165) is 36.3 Å². The van der Waals surface area contributed by atoms with Gasteiger partial charge in [-0.1, -0.05) is 42.0 Å². The first kappa shape index (κ1) is 20.0. The van der Waals surface area contributed by atoms with Crippen LogP contribution in [0.5, 0.6) is 0 Å². The zero-order valence-electron chi connectivity index (χ0n) is 17.3. The Labute approximate surface area is 176 Å². The molecule has 0 saturated carbocycles. The number of aryl methyl sites for hydroxylation is 1. The van der Waals surface area contributed by atoms with Gasteiger partial charge in [-0.3, -0.25) is 4.79 Å². The minimum atomic E-state index is -0.195. The van der Waals surface area contributed by atoms with Crippen molar-refractivity contribution < 1.29 is 9.53 Å². The Balaban J connectivity index is 1.68. The zero-order chi connectivity index (χ0) is 20.9. The lowest BCUT2D eigenvalue weighted by Gasteiger charge is -2.22. The molecule has 0 bridgehead atoms. The molecule has 4 rings (SSSR count). The minimum absolute atomic E-state index is 0.0803. The van der Waals surface area contributed by atoms with Crippen LogP contribution in [0.25, 0.3) is 11.4 Å². The predicted octanol–water partition coefficient (Wildman–Crippen LogP) is 4.13. The Morgan fingerprint density at radius 1 is 1.20 bits per heavy atom. The number of ether oxygens (including phenoxy) is 1. The van der Waals surface area contributed by atoms with Crippen molar-refractivity contribution in [3.63, 3.8) is 0 Å². The molecule has 1 atom stereocenters. The largest absolute Gasteiger partial charge is 0.376 e. The maximum absolute atomic E-state index is 13.0. The van der Waals surface area contributed by atoms with Gasteiger partial charge in [0, 0.05) is 37.6 Å². The van der Waals surface area contributed by atoms with Crippen molar-refractivity contribution in [3.05, 3.63) is 71.9 Å². The number of carbonyl (C=O) groups excluding carboxylic acids is 1. The molecular weight excluding hydrogens is 376 g/mol. The van der Waals surface area contributed by atoms with Gasteiger partial charge in [-0.15, -0.1) is 0 Å². The fourth-order valence-corrected chi connectivity index (χ4v) is 3.59. The Morgan fingerprint density at radius 3 is 2.77 bits per heavy atom. The fourth-order valence-electron chi connectivity index (χ4n) is 3.59. The quantitative estimate of drug-likeness (QED) is 0.672. The molecule has 2 heterocycles. The van der Waals surface area contributed by atoms with E-state index >= 15 is 0 Å². The van der Waals surface area contributed by atoms with Crippen molar-refractivity contribution in [1.82, 2.24) is 15.3 Å². The first-order valence-corrected chi connectivity index (χ1v) is 10.2. The summed E-state index contributed by atoms with van der Waals surface area (Å²) in [6, 6.07) is 17.9. The number of rotatable bonds is 6. The zero-order valence-corrected chi connectivity index (χ0v) is 17.3. The van der Waals surface area contributed by atoms with E-state index in [2.05, 4.69) is 10.3 Å². The minimum Gasteiger partial charge on any atom is -0.376 e. The maximum Gasteiger partial charge on any atom is 0.256 e. The maximum atomic E-state index is 13.0. The number of hydrogen-bond donors (Lipinski definition) is 1. The molecule has 1 aliphatic rings. The molecule has 6 nitrogen and oxygen atoms in total. The summed E-state index contributed by atoms with van der Waals surface area (Å²) in [5.74, 6) is 0.962. The van der Waals surface area contributed by atoms with Crippen LogP contribution in [0.15, 0.2) is 60.8 Å². The van der Waals surface area contributed by atoms with Crippen molar-refractivity contribution in [3.8, 4) is 11.4 Å². The molecule has 0 spiro atoms. The molecule has 6 heteroatoms. The molecule has 1 aromatic heterocycles. The predicted molar refractivity (Wildman–Crippen MR) is 118 cm³/mol. The lowest BCUT2D eigenvalue weighted by Crippen LogP contribution is -2.33. The van der Waals surface area contributed by atoms with Crippen molar-refractivity contribution in [1.29, 1.82) is 0 Å². The second-order valence-electron chi connectivity index (χ2n) is 7.54. The molecule has 1 amide bonds. The van der Waals surface area contributed by atoms with E-state index in [4.69, 9.17) is 9.72 Å². The van der Waals surface area contributed by atoms with Gasteiger partial charge in [0.25, 0.3) is 5.91 Å². The van der Waals surface area contributed by atoms with Crippen LogP contribution >= 0.6 is 0 Å². The highest BCUT2D eigenvalue weighted by molar-refractivity contribution is 5.99. The molecule has 154 valence electrons. The summed E-state index contributed by atoms with van der Waals surface area (Å²) in [7, 11) is 1.91. The van der Waals surface area contributed by atoms with E-state index in [1.807, 2.05) is 73.5 Å². The summed E-state index contributed by atoms with van der Waals surface area (Å²) in [6.07, 6.45) is 3.71. The van der Waals surface area contributed by atoms with Gasteiger partial charge in [-0.05, 0) is 38.0 Å². The molecule has 30 heavy (non-hydrogen) atoms. The molecule has 0 unspecified atom stereocenters. The molecule has 1 aliphatic heterocycles. The van der Waals surface area contributed by atoms with E-state index in [-0.39, 0.29) is 12.0 Å². The standard InChI is InChI=1S/C24H26N4O2/c1-17-8-6-9-18(14-17)22-25-16-21(24(29)26-15-20-12-7-13-30-20)23(27-22)28(2)19-10-4-3-5-11-19/h3-6,8-11,14,16,20H,7,12-13,15H2,1-2H3,(H,26,29)/t20-/m0/s1. The molecule has 1 fully saturated rings. The monoisotopic (exact) mass is 402 g/mol. The summed E-state index contributed by atoms with van der Waals surface area (Å²) >= 11 is 0. The first-order chi connectivity index (χ1) is 14.6. The van der Waals surface area contributed by atoms with E-state index < -0.39 is 0 Å². The average molecular weight is 402 g/mol. The number of anilines is 2. The van der Waals surface area contributed by atoms with Crippen molar-refractivity contribution in [2.45, 2.75) is 25.9 Å². The number of carbonyl (C=O) groups is 1. The Bertz CT molecular complexity index is 1020. The number of nitrogens with zero attached hydrogens (tertiary/aromatic N) is 3. The molecule has 0 radical (unpaired) electrons. The van der Waals surface area contributed by atoms with E-state index in [1.165, 1.54) is 0 Å². The van der Waals surface area contributed by atoms with Gasteiger partial charge >= 0.3 is 0 Å². The Morgan fingerprint density at radius 2 is 2.03 bits per heavy atom. The fraction of sp³-hybridized carbons (Fsp3) is 0.292.